The van der Waals surface area contributed by atoms with Crippen molar-refractivity contribution < 1.29 is 9.90 Å². The van der Waals surface area contributed by atoms with Crippen LogP contribution in [0.3, 0.4) is 0 Å². The number of halogens is 1. The van der Waals surface area contributed by atoms with Gasteiger partial charge in [-0.05, 0) is 40.8 Å². The summed E-state index contributed by atoms with van der Waals surface area (Å²) in [6.07, 6.45) is 1.57. The fourth-order valence-electron chi connectivity index (χ4n) is 1.38. The fourth-order valence-corrected chi connectivity index (χ4v) is 1.72. The number of aromatic nitrogens is 3. The minimum atomic E-state index is -0.269. The Hall–Kier alpha value is -1.64. The Bertz CT molecular complexity index is 582. The third-order valence-corrected chi connectivity index (χ3v) is 3.17. The Balaban J connectivity index is 2.01. The standard InChI is InChI=1S/C11H11IN4O2/c1-16-6-14-10(15-16)5-13-11(18)7-2-3-8(12)9(17)4-7/h2-4,6,17H,5H2,1H3,(H,13,18). The van der Waals surface area contributed by atoms with Crippen LogP contribution in [0.4, 0.5) is 0 Å². The molecule has 0 spiro atoms. The van der Waals surface area contributed by atoms with Gasteiger partial charge in [-0.2, -0.15) is 5.10 Å². The van der Waals surface area contributed by atoms with Crippen LogP contribution in [0.1, 0.15) is 16.2 Å². The molecule has 94 valence electrons. The number of nitrogens with one attached hydrogen (secondary N) is 1. The number of carbonyl (C=O) groups excluding carboxylic acids is 1. The number of rotatable bonds is 3. The number of amides is 1. The number of hydrogen-bond acceptors (Lipinski definition) is 4. The Morgan fingerprint density at radius 1 is 1.56 bits per heavy atom. The van der Waals surface area contributed by atoms with Crippen molar-refractivity contribution in [3.63, 3.8) is 0 Å². The van der Waals surface area contributed by atoms with Crippen LogP contribution in [-0.2, 0) is 13.6 Å². The molecular weight excluding hydrogens is 347 g/mol. The minimum Gasteiger partial charge on any atom is -0.507 e. The molecule has 0 aliphatic rings. The number of carbonyl (C=O) groups is 1. The van der Waals surface area contributed by atoms with Crippen molar-refractivity contribution in [2.24, 2.45) is 7.05 Å². The summed E-state index contributed by atoms with van der Waals surface area (Å²) in [5, 5.41) is 16.3. The van der Waals surface area contributed by atoms with Gasteiger partial charge in [0.2, 0.25) is 0 Å². The zero-order chi connectivity index (χ0) is 13.1. The van der Waals surface area contributed by atoms with Crippen molar-refractivity contribution in [3.8, 4) is 5.75 Å². The molecule has 1 amide bonds. The molecule has 7 heteroatoms. The molecule has 0 atom stereocenters. The monoisotopic (exact) mass is 358 g/mol. The molecule has 1 heterocycles. The van der Waals surface area contributed by atoms with Crippen molar-refractivity contribution in [2.45, 2.75) is 6.54 Å². The third kappa shape index (κ3) is 2.97. The highest BCUT2D eigenvalue weighted by Crippen LogP contribution is 2.20. The van der Waals surface area contributed by atoms with E-state index in [1.165, 1.54) is 6.07 Å². The largest absolute Gasteiger partial charge is 0.507 e. The summed E-state index contributed by atoms with van der Waals surface area (Å²) in [7, 11) is 1.76. The first-order chi connectivity index (χ1) is 8.56. The Kier molecular flexibility index (Phi) is 3.80. The van der Waals surface area contributed by atoms with Gasteiger partial charge in [0.1, 0.15) is 12.1 Å². The van der Waals surface area contributed by atoms with Gasteiger partial charge in [-0.15, -0.1) is 0 Å². The summed E-state index contributed by atoms with van der Waals surface area (Å²) < 4.78 is 2.27. The van der Waals surface area contributed by atoms with Crippen LogP contribution >= 0.6 is 22.6 Å². The van der Waals surface area contributed by atoms with Crippen molar-refractivity contribution in [2.75, 3.05) is 0 Å². The van der Waals surface area contributed by atoms with Crippen molar-refractivity contribution in [1.29, 1.82) is 0 Å². The van der Waals surface area contributed by atoms with E-state index in [0.29, 0.717) is 15.0 Å². The number of benzene rings is 1. The zero-order valence-electron chi connectivity index (χ0n) is 9.59. The second-order valence-corrected chi connectivity index (χ2v) is 4.85. The van der Waals surface area contributed by atoms with Crippen molar-refractivity contribution >= 4 is 28.5 Å². The molecule has 6 nitrogen and oxygen atoms in total. The van der Waals surface area contributed by atoms with E-state index in [9.17, 15) is 9.90 Å². The van der Waals surface area contributed by atoms with Crippen LogP contribution in [0.2, 0.25) is 0 Å². The summed E-state index contributed by atoms with van der Waals surface area (Å²) in [6, 6.07) is 4.77. The number of hydrogen-bond donors (Lipinski definition) is 2. The average molecular weight is 358 g/mol. The van der Waals surface area contributed by atoms with E-state index in [0.717, 1.165) is 0 Å². The maximum Gasteiger partial charge on any atom is 0.251 e. The van der Waals surface area contributed by atoms with E-state index in [4.69, 9.17) is 0 Å². The van der Waals surface area contributed by atoms with E-state index in [1.54, 1.807) is 30.2 Å². The van der Waals surface area contributed by atoms with Gasteiger partial charge in [0.05, 0.1) is 10.1 Å². The lowest BCUT2D eigenvalue weighted by Crippen LogP contribution is -2.23. The van der Waals surface area contributed by atoms with Crippen molar-refractivity contribution in [1.82, 2.24) is 20.1 Å². The lowest BCUT2D eigenvalue weighted by molar-refractivity contribution is 0.0949. The van der Waals surface area contributed by atoms with Gasteiger partial charge in [-0.1, -0.05) is 0 Å². The van der Waals surface area contributed by atoms with Crippen LogP contribution in [0.5, 0.6) is 5.75 Å². The maximum absolute atomic E-state index is 11.8. The van der Waals surface area contributed by atoms with E-state index in [1.807, 2.05) is 22.6 Å². The molecule has 2 N–H and O–H groups in total. The summed E-state index contributed by atoms with van der Waals surface area (Å²) >= 11 is 1.99. The Labute approximate surface area is 117 Å². The number of aryl methyl sites for hydroxylation is 1. The number of phenolic OH excluding ortho intramolecular Hbond substituents is 1. The normalized spacial score (nSPS) is 10.3. The summed E-state index contributed by atoms with van der Waals surface area (Å²) in [6.45, 7) is 0.256. The zero-order valence-corrected chi connectivity index (χ0v) is 11.7. The molecule has 2 rings (SSSR count). The van der Waals surface area contributed by atoms with Crippen LogP contribution in [0, 0.1) is 3.57 Å². The quantitative estimate of drug-likeness (QED) is 0.804. The van der Waals surface area contributed by atoms with E-state index < -0.39 is 0 Å². The molecule has 0 aliphatic heterocycles. The highest BCUT2D eigenvalue weighted by Gasteiger charge is 2.09. The molecular formula is C11H11IN4O2. The molecule has 1 aromatic carbocycles. The van der Waals surface area contributed by atoms with Crippen LogP contribution in [-0.4, -0.2) is 25.8 Å². The van der Waals surface area contributed by atoms with Crippen LogP contribution in [0.15, 0.2) is 24.5 Å². The third-order valence-electron chi connectivity index (χ3n) is 2.26. The average Bonchev–Trinajstić information content (AvgIpc) is 2.75. The second-order valence-electron chi connectivity index (χ2n) is 3.68. The molecule has 0 bridgehead atoms. The SMILES string of the molecule is Cn1cnc(CNC(=O)c2ccc(I)c(O)c2)n1. The van der Waals surface area contributed by atoms with Gasteiger partial charge in [-0.3, -0.25) is 9.48 Å². The number of aromatic hydroxyl groups is 1. The summed E-state index contributed by atoms with van der Waals surface area (Å²) in [5.74, 6) is 0.369. The van der Waals surface area contributed by atoms with Gasteiger partial charge >= 0.3 is 0 Å². The highest BCUT2D eigenvalue weighted by molar-refractivity contribution is 14.1. The van der Waals surface area contributed by atoms with Gasteiger partial charge < -0.3 is 10.4 Å². The predicted molar refractivity (Wildman–Crippen MR) is 73.0 cm³/mol. The summed E-state index contributed by atoms with van der Waals surface area (Å²) in [4.78, 5) is 15.8. The Morgan fingerprint density at radius 3 is 2.94 bits per heavy atom. The maximum atomic E-state index is 11.8. The topological polar surface area (TPSA) is 80.0 Å². The lowest BCUT2D eigenvalue weighted by Gasteiger charge is -2.04. The minimum absolute atomic E-state index is 0.0965. The van der Waals surface area contributed by atoms with Gasteiger partial charge in [0.25, 0.3) is 5.91 Å². The molecule has 18 heavy (non-hydrogen) atoms. The van der Waals surface area contributed by atoms with E-state index in [2.05, 4.69) is 15.4 Å². The van der Waals surface area contributed by atoms with Crippen LogP contribution < -0.4 is 5.32 Å². The first kappa shape index (κ1) is 12.8. The number of nitrogens with zero attached hydrogens (tertiary/aromatic N) is 3. The molecule has 0 radical (unpaired) electrons. The fraction of sp³-hybridized carbons (Fsp3) is 0.182. The lowest BCUT2D eigenvalue weighted by atomic mass is 10.2. The van der Waals surface area contributed by atoms with Crippen molar-refractivity contribution in [3.05, 3.63) is 39.5 Å². The van der Waals surface area contributed by atoms with E-state index >= 15 is 0 Å². The molecule has 1 aromatic heterocycles. The Morgan fingerprint density at radius 2 is 2.33 bits per heavy atom. The summed E-state index contributed by atoms with van der Waals surface area (Å²) in [5.41, 5.74) is 0.406. The van der Waals surface area contributed by atoms with Gasteiger partial charge in [0, 0.05) is 12.6 Å². The first-order valence-corrected chi connectivity index (χ1v) is 6.25. The van der Waals surface area contributed by atoms with Gasteiger partial charge in [-0.25, -0.2) is 4.98 Å². The second kappa shape index (κ2) is 5.34. The number of phenols is 1. The molecule has 0 fully saturated rings. The molecule has 0 aliphatic carbocycles. The van der Waals surface area contributed by atoms with E-state index in [-0.39, 0.29) is 18.2 Å². The van der Waals surface area contributed by atoms with Gasteiger partial charge in [0.15, 0.2) is 5.82 Å². The van der Waals surface area contributed by atoms with Crippen LogP contribution in [0.25, 0.3) is 0 Å². The highest BCUT2D eigenvalue weighted by atomic mass is 127. The first-order valence-electron chi connectivity index (χ1n) is 5.17. The molecule has 0 saturated heterocycles. The smallest absolute Gasteiger partial charge is 0.251 e. The molecule has 0 saturated carbocycles. The predicted octanol–water partition coefficient (Wildman–Crippen LogP) is 1.06. The molecule has 2 aromatic rings. The molecule has 0 unspecified atom stereocenters.